The van der Waals surface area contributed by atoms with E-state index in [2.05, 4.69) is 11.1 Å². The number of hydrogen-bond donors (Lipinski definition) is 2. The first-order chi connectivity index (χ1) is 15.5. The zero-order valence-corrected chi connectivity index (χ0v) is 20.5. The Bertz CT molecular complexity index is 670. The second kappa shape index (κ2) is 22.5. The molecule has 0 saturated heterocycles. The molecule has 3 N–H and O–H groups in total. The molecular weight excluding hydrogens is 422 g/mol. The fourth-order valence-electron chi connectivity index (χ4n) is 2.91. The third-order valence-electron chi connectivity index (χ3n) is 4.69. The van der Waals surface area contributed by atoms with Gasteiger partial charge in [-0.1, -0.05) is 138 Å². The zero-order chi connectivity index (χ0) is 23.8. The molecule has 0 radical (unpaired) electrons. The van der Waals surface area contributed by atoms with Gasteiger partial charge < -0.3 is 5.73 Å². The highest BCUT2D eigenvalue weighted by molar-refractivity contribution is 7.80. The van der Waals surface area contributed by atoms with Gasteiger partial charge in [-0.2, -0.15) is 8.42 Å². The van der Waals surface area contributed by atoms with Gasteiger partial charge in [0.25, 0.3) is 0 Å². The SMILES string of the molecule is CCCCCCCCCCCCCN.O=S(=O)(O)OCc1ccccc1.c1ccccc1. The van der Waals surface area contributed by atoms with Crippen molar-refractivity contribution in [3.8, 4) is 0 Å². The van der Waals surface area contributed by atoms with Crippen LogP contribution in [0.5, 0.6) is 0 Å². The Balaban J connectivity index is 0.000000481. The summed E-state index contributed by atoms with van der Waals surface area (Å²) >= 11 is 0. The molecule has 0 fully saturated rings. The van der Waals surface area contributed by atoms with Crippen LogP contribution < -0.4 is 5.73 Å². The molecule has 0 bridgehead atoms. The average Bonchev–Trinajstić information content (AvgIpc) is 2.81. The molecule has 0 atom stereocenters. The van der Waals surface area contributed by atoms with Gasteiger partial charge in [-0.3, -0.25) is 4.55 Å². The third-order valence-corrected chi connectivity index (χ3v) is 5.11. The molecule has 0 unspecified atom stereocenters. The number of rotatable bonds is 14. The van der Waals surface area contributed by atoms with Gasteiger partial charge in [-0.05, 0) is 18.5 Å². The standard InChI is InChI=1S/C13H29N.C7H8O4S.C6H6/c1-2-3-4-5-6-7-8-9-10-11-12-13-14;8-12(9,10)11-6-7-4-2-1-3-5-7;1-2-4-6-5-3-1/h2-14H2,1H3;1-5H,6H2,(H,8,9,10);1-6H. The van der Waals surface area contributed by atoms with Crippen LogP contribution in [0.3, 0.4) is 0 Å². The van der Waals surface area contributed by atoms with Gasteiger partial charge in [0.1, 0.15) is 0 Å². The number of benzene rings is 2. The third kappa shape index (κ3) is 24.5. The van der Waals surface area contributed by atoms with E-state index in [0.29, 0.717) is 5.56 Å². The van der Waals surface area contributed by atoms with Crippen molar-refractivity contribution in [3.05, 3.63) is 72.3 Å². The Morgan fingerprint density at radius 1 is 0.688 bits per heavy atom. The second-order valence-corrected chi connectivity index (χ2v) is 8.75. The Kier molecular flexibility index (Phi) is 21.2. The summed E-state index contributed by atoms with van der Waals surface area (Å²) in [6.07, 6.45) is 15.4. The maximum Gasteiger partial charge on any atom is 0.397 e. The van der Waals surface area contributed by atoms with E-state index < -0.39 is 10.4 Å². The van der Waals surface area contributed by atoms with E-state index in [1.807, 2.05) is 36.4 Å². The van der Waals surface area contributed by atoms with E-state index in [-0.39, 0.29) is 6.61 Å². The van der Waals surface area contributed by atoms with E-state index in [1.165, 1.54) is 70.6 Å². The first kappa shape index (κ1) is 30.3. The van der Waals surface area contributed by atoms with E-state index in [4.69, 9.17) is 10.3 Å². The van der Waals surface area contributed by atoms with Crippen LogP contribution in [0, 0.1) is 0 Å². The van der Waals surface area contributed by atoms with Crippen LogP contribution in [0.4, 0.5) is 0 Å². The van der Waals surface area contributed by atoms with Crippen LogP contribution in [0.1, 0.15) is 83.1 Å². The topological polar surface area (TPSA) is 89.6 Å². The van der Waals surface area contributed by atoms with E-state index in [9.17, 15) is 8.42 Å². The fourth-order valence-corrected chi connectivity index (χ4v) is 3.20. The molecule has 0 aromatic heterocycles. The van der Waals surface area contributed by atoms with Crippen LogP contribution in [-0.2, 0) is 21.2 Å². The predicted molar refractivity (Wildman–Crippen MR) is 135 cm³/mol. The van der Waals surface area contributed by atoms with Gasteiger partial charge in [0.05, 0.1) is 6.61 Å². The molecule has 0 aliphatic carbocycles. The summed E-state index contributed by atoms with van der Waals surface area (Å²) < 4.78 is 32.6. The Hall–Kier alpha value is -1.73. The van der Waals surface area contributed by atoms with Gasteiger partial charge in [0.2, 0.25) is 0 Å². The van der Waals surface area contributed by atoms with Crippen LogP contribution in [0.2, 0.25) is 0 Å². The Morgan fingerprint density at radius 2 is 1.06 bits per heavy atom. The van der Waals surface area contributed by atoms with Crippen molar-refractivity contribution < 1.29 is 17.2 Å². The number of unbranched alkanes of at least 4 members (excludes halogenated alkanes) is 10. The smallest absolute Gasteiger partial charge is 0.330 e. The predicted octanol–water partition coefficient (Wildman–Crippen LogP) is 6.95. The lowest BCUT2D eigenvalue weighted by Crippen LogP contribution is -2.03. The molecule has 0 spiro atoms. The molecule has 2 rings (SSSR count). The van der Waals surface area contributed by atoms with Crippen molar-refractivity contribution in [2.75, 3.05) is 6.54 Å². The Labute approximate surface area is 196 Å². The van der Waals surface area contributed by atoms with Crippen LogP contribution in [0.25, 0.3) is 0 Å². The molecule has 0 heterocycles. The van der Waals surface area contributed by atoms with Gasteiger partial charge >= 0.3 is 10.4 Å². The monoisotopic (exact) mass is 465 g/mol. The lowest BCUT2D eigenvalue weighted by atomic mass is 10.1. The number of nitrogens with two attached hydrogens (primary N) is 1. The summed E-state index contributed by atoms with van der Waals surface area (Å²) in [7, 11) is -4.32. The summed E-state index contributed by atoms with van der Waals surface area (Å²) in [6, 6.07) is 20.7. The highest BCUT2D eigenvalue weighted by atomic mass is 32.3. The Morgan fingerprint density at radius 3 is 1.44 bits per heavy atom. The van der Waals surface area contributed by atoms with Gasteiger partial charge in [0.15, 0.2) is 0 Å². The zero-order valence-electron chi connectivity index (χ0n) is 19.7. The van der Waals surface area contributed by atoms with Crippen molar-refractivity contribution in [1.82, 2.24) is 0 Å². The summed E-state index contributed by atoms with van der Waals surface area (Å²) in [5, 5.41) is 0. The second-order valence-electron chi connectivity index (χ2n) is 7.65. The van der Waals surface area contributed by atoms with Crippen molar-refractivity contribution in [2.24, 2.45) is 5.73 Å². The van der Waals surface area contributed by atoms with E-state index >= 15 is 0 Å². The molecule has 6 heteroatoms. The maximum atomic E-state index is 10.1. The van der Waals surface area contributed by atoms with Crippen LogP contribution in [-0.4, -0.2) is 19.5 Å². The molecule has 32 heavy (non-hydrogen) atoms. The molecule has 0 amide bonds. The quantitative estimate of drug-likeness (QED) is 0.233. The van der Waals surface area contributed by atoms with E-state index in [0.717, 1.165) is 6.54 Å². The molecule has 182 valence electrons. The molecular formula is C26H43NO4S. The maximum absolute atomic E-state index is 10.1. The molecule has 0 aliphatic rings. The summed E-state index contributed by atoms with van der Waals surface area (Å²) in [5.74, 6) is 0. The van der Waals surface area contributed by atoms with Gasteiger partial charge in [-0.15, -0.1) is 0 Å². The molecule has 2 aromatic rings. The van der Waals surface area contributed by atoms with Crippen molar-refractivity contribution >= 4 is 10.4 Å². The summed E-state index contributed by atoms with van der Waals surface area (Å²) in [6.45, 7) is 3.01. The van der Waals surface area contributed by atoms with Gasteiger partial charge in [0, 0.05) is 0 Å². The number of hydrogen-bond acceptors (Lipinski definition) is 4. The van der Waals surface area contributed by atoms with Gasteiger partial charge in [-0.25, -0.2) is 4.18 Å². The first-order valence-electron chi connectivity index (χ1n) is 11.9. The van der Waals surface area contributed by atoms with Crippen LogP contribution in [0.15, 0.2) is 66.7 Å². The lowest BCUT2D eigenvalue weighted by Gasteiger charge is -2.01. The summed E-state index contributed by atoms with van der Waals surface area (Å²) in [4.78, 5) is 0. The molecule has 0 aliphatic heterocycles. The average molecular weight is 466 g/mol. The molecule has 2 aromatic carbocycles. The largest absolute Gasteiger partial charge is 0.397 e. The van der Waals surface area contributed by atoms with E-state index in [1.54, 1.807) is 30.3 Å². The van der Waals surface area contributed by atoms with Crippen LogP contribution >= 0.6 is 0 Å². The minimum Gasteiger partial charge on any atom is -0.330 e. The minimum atomic E-state index is -4.32. The first-order valence-corrected chi connectivity index (χ1v) is 13.2. The molecule has 5 nitrogen and oxygen atoms in total. The normalized spacial score (nSPS) is 10.5. The highest BCUT2D eigenvalue weighted by Crippen LogP contribution is 2.10. The van der Waals surface area contributed by atoms with Crippen molar-refractivity contribution in [1.29, 1.82) is 0 Å². The minimum absolute atomic E-state index is 0.139. The van der Waals surface area contributed by atoms with Crippen molar-refractivity contribution in [2.45, 2.75) is 84.2 Å². The van der Waals surface area contributed by atoms with Crippen molar-refractivity contribution in [3.63, 3.8) is 0 Å². The highest BCUT2D eigenvalue weighted by Gasteiger charge is 2.03. The summed E-state index contributed by atoms with van der Waals surface area (Å²) in [5.41, 5.74) is 6.13. The fraction of sp³-hybridized carbons (Fsp3) is 0.538. The molecule has 0 saturated carbocycles. The lowest BCUT2D eigenvalue weighted by molar-refractivity contribution is 0.259.